The van der Waals surface area contributed by atoms with Gasteiger partial charge in [0.1, 0.15) is 0 Å². The number of rotatable bonds is 20. The lowest BCUT2D eigenvalue weighted by Crippen LogP contribution is -2.49. The van der Waals surface area contributed by atoms with Crippen LogP contribution < -0.4 is 0 Å². The summed E-state index contributed by atoms with van der Waals surface area (Å²) in [6, 6.07) is 0. The number of carbonyl (C=O) groups is 2. The van der Waals surface area contributed by atoms with Crippen LogP contribution in [-0.2, 0) is 9.59 Å². The molecule has 178 valence electrons. The number of unbranched alkanes of at least 4 members (excludes halogenated alkanes) is 16. The van der Waals surface area contributed by atoms with Gasteiger partial charge in [0.2, 0.25) is 0 Å². The molecule has 0 spiro atoms. The largest absolute Gasteiger partial charge is 0.480 e. The Bertz CT molecular complexity index is 436. The molecule has 0 atom stereocenters. The minimum absolute atomic E-state index is 0.208. The van der Waals surface area contributed by atoms with Crippen LogP contribution in [0.25, 0.3) is 0 Å². The number of carboxylic acid groups (broad SMARTS) is 2. The zero-order chi connectivity index (χ0) is 22.9. The van der Waals surface area contributed by atoms with Gasteiger partial charge in [0.15, 0.2) is 5.41 Å². The van der Waals surface area contributed by atoms with Crippen molar-refractivity contribution in [3.8, 4) is 0 Å². The van der Waals surface area contributed by atoms with Gasteiger partial charge in [-0.15, -0.1) is 0 Å². The molecule has 30 heavy (non-hydrogen) atoms. The summed E-state index contributed by atoms with van der Waals surface area (Å²) >= 11 is 0. The van der Waals surface area contributed by atoms with Crippen molar-refractivity contribution in [2.45, 2.75) is 143 Å². The molecule has 0 saturated carbocycles. The lowest BCUT2D eigenvalue weighted by atomic mass is 9.64. The molecular formula is C26H50O4. The van der Waals surface area contributed by atoms with Crippen molar-refractivity contribution >= 4 is 11.9 Å². The molecule has 0 aromatic rings. The second-order valence-electron chi connectivity index (χ2n) is 10.2. The van der Waals surface area contributed by atoms with Gasteiger partial charge in [-0.05, 0) is 11.8 Å². The van der Waals surface area contributed by atoms with E-state index in [1.54, 1.807) is 20.8 Å². The van der Waals surface area contributed by atoms with Gasteiger partial charge >= 0.3 is 11.9 Å². The molecule has 0 saturated heterocycles. The highest BCUT2D eigenvalue weighted by Gasteiger charge is 2.54. The topological polar surface area (TPSA) is 74.6 Å². The minimum Gasteiger partial charge on any atom is -0.480 e. The van der Waals surface area contributed by atoms with Crippen LogP contribution in [0.4, 0.5) is 0 Å². The van der Waals surface area contributed by atoms with Crippen molar-refractivity contribution in [2.24, 2.45) is 10.8 Å². The van der Waals surface area contributed by atoms with Crippen molar-refractivity contribution in [1.29, 1.82) is 0 Å². The Morgan fingerprint density at radius 2 is 0.800 bits per heavy atom. The van der Waals surface area contributed by atoms with E-state index in [9.17, 15) is 19.8 Å². The fourth-order valence-electron chi connectivity index (χ4n) is 4.44. The Morgan fingerprint density at radius 3 is 1.03 bits per heavy atom. The average molecular weight is 427 g/mol. The van der Waals surface area contributed by atoms with Gasteiger partial charge in [0.05, 0.1) is 0 Å². The van der Waals surface area contributed by atoms with Gasteiger partial charge in [-0.1, -0.05) is 137 Å². The molecule has 0 aliphatic rings. The number of hydrogen-bond acceptors (Lipinski definition) is 2. The maximum absolute atomic E-state index is 11.7. The summed E-state index contributed by atoms with van der Waals surface area (Å²) < 4.78 is 0. The molecule has 2 N–H and O–H groups in total. The molecule has 4 heteroatoms. The summed E-state index contributed by atoms with van der Waals surface area (Å²) in [5.41, 5.74) is -2.50. The number of hydrogen-bond donors (Lipinski definition) is 2. The summed E-state index contributed by atoms with van der Waals surface area (Å²) in [6.07, 6.45) is 21.7. The van der Waals surface area contributed by atoms with Crippen LogP contribution in [0.5, 0.6) is 0 Å². The van der Waals surface area contributed by atoms with E-state index in [1.807, 2.05) is 0 Å². The lowest BCUT2D eigenvalue weighted by molar-refractivity contribution is -0.174. The Labute approximate surface area is 186 Å². The summed E-state index contributed by atoms with van der Waals surface area (Å²) in [7, 11) is 0. The molecule has 4 nitrogen and oxygen atoms in total. The summed E-state index contributed by atoms with van der Waals surface area (Å²) in [5, 5.41) is 19.2. The fraction of sp³-hybridized carbons (Fsp3) is 0.923. The van der Waals surface area contributed by atoms with Crippen LogP contribution in [-0.4, -0.2) is 22.2 Å². The van der Waals surface area contributed by atoms with Crippen molar-refractivity contribution in [3.63, 3.8) is 0 Å². The van der Waals surface area contributed by atoms with Gasteiger partial charge in [0.25, 0.3) is 0 Å². The van der Waals surface area contributed by atoms with E-state index in [0.717, 1.165) is 12.8 Å². The van der Waals surface area contributed by atoms with E-state index < -0.39 is 22.8 Å². The van der Waals surface area contributed by atoms with Gasteiger partial charge in [-0.2, -0.15) is 0 Å². The smallest absolute Gasteiger partial charge is 0.321 e. The maximum Gasteiger partial charge on any atom is 0.321 e. The van der Waals surface area contributed by atoms with E-state index in [1.165, 1.54) is 89.9 Å². The number of aliphatic carboxylic acids is 2. The third-order valence-corrected chi connectivity index (χ3v) is 6.67. The van der Waals surface area contributed by atoms with E-state index in [-0.39, 0.29) is 6.42 Å². The highest BCUT2D eigenvalue weighted by atomic mass is 16.4. The molecule has 0 amide bonds. The zero-order valence-electron chi connectivity index (χ0n) is 20.4. The van der Waals surface area contributed by atoms with Crippen molar-refractivity contribution in [1.82, 2.24) is 0 Å². The van der Waals surface area contributed by atoms with E-state index in [0.29, 0.717) is 6.42 Å². The monoisotopic (exact) mass is 426 g/mol. The quantitative estimate of drug-likeness (QED) is 0.152. The molecule has 0 radical (unpaired) electrons. The third-order valence-electron chi connectivity index (χ3n) is 6.67. The van der Waals surface area contributed by atoms with Crippen LogP contribution in [0.2, 0.25) is 0 Å². The lowest BCUT2D eigenvalue weighted by Gasteiger charge is -2.37. The normalized spacial score (nSPS) is 12.3. The number of carboxylic acids is 2. The molecule has 0 unspecified atom stereocenters. The van der Waals surface area contributed by atoms with Crippen LogP contribution in [0, 0.1) is 10.8 Å². The Balaban J connectivity index is 3.66. The van der Waals surface area contributed by atoms with Gasteiger partial charge < -0.3 is 10.2 Å². The summed E-state index contributed by atoms with van der Waals surface area (Å²) in [5.74, 6) is -2.42. The van der Waals surface area contributed by atoms with Crippen LogP contribution >= 0.6 is 0 Å². The molecule has 0 rings (SSSR count). The zero-order valence-corrected chi connectivity index (χ0v) is 20.4. The first kappa shape index (κ1) is 28.9. The molecule has 0 aliphatic carbocycles. The van der Waals surface area contributed by atoms with Crippen molar-refractivity contribution < 1.29 is 19.8 Å². The average Bonchev–Trinajstić information content (AvgIpc) is 2.65. The highest BCUT2D eigenvalue weighted by molar-refractivity contribution is 5.99. The standard InChI is InChI=1S/C26H50O4/c1-5-6-7-8-9-10-11-12-13-14-15-16-17-18-19-20-21-22-26(23(27)28,24(29)30)25(2,3)4/h5-22H2,1-4H3,(H,27,28)(H,29,30). The Hall–Kier alpha value is -1.06. The van der Waals surface area contributed by atoms with E-state index >= 15 is 0 Å². The highest BCUT2D eigenvalue weighted by Crippen LogP contribution is 2.43. The Morgan fingerprint density at radius 1 is 0.533 bits per heavy atom. The van der Waals surface area contributed by atoms with Crippen molar-refractivity contribution in [2.75, 3.05) is 0 Å². The first-order valence-corrected chi connectivity index (χ1v) is 12.7. The van der Waals surface area contributed by atoms with Crippen LogP contribution in [0.1, 0.15) is 143 Å². The predicted octanol–water partition coefficient (Wildman–Crippen LogP) is 8.23. The molecule has 0 bridgehead atoms. The molecule has 0 fully saturated rings. The predicted molar refractivity (Wildman–Crippen MR) is 126 cm³/mol. The Kier molecular flexibility index (Phi) is 16.0. The SMILES string of the molecule is CCCCCCCCCCCCCCCCCCCC(C(=O)O)(C(=O)O)C(C)(C)C. The molecular weight excluding hydrogens is 376 g/mol. The third kappa shape index (κ3) is 11.4. The maximum atomic E-state index is 11.7. The molecule has 0 heterocycles. The first-order chi connectivity index (χ1) is 14.2. The van der Waals surface area contributed by atoms with Gasteiger partial charge in [-0.3, -0.25) is 9.59 Å². The molecule has 0 aliphatic heterocycles. The fourth-order valence-corrected chi connectivity index (χ4v) is 4.44. The van der Waals surface area contributed by atoms with Gasteiger partial charge in [-0.25, -0.2) is 0 Å². The minimum atomic E-state index is -1.69. The van der Waals surface area contributed by atoms with E-state index in [2.05, 4.69) is 6.92 Å². The molecule has 0 aromatic heterocycles. The summed E-state index contributed by atoms with van der Waals surface area (Å²) in [6.45, 7) is 7.40. The first-order valence-electron chi connectivity index (χ1n) is 12.7. The van der Waals surface area contributed by atoms with Crippen LogP contribution in [0.3, 0.4) is 0 Å². The van der Waals surface area contributed by atoms with E-state index in [4.69, 9.17) is 0 Å². The second-order valence-corrected chi connectivity index (χ2v) is 10.2. The molecule has 0 aromatic carbocycles. The van der Waals surface area contributed by atoms with Gasteiger partial charge in [0, 0.05) is 0 Å². The van der Waals surface area contributed by atoms with Crippen molar-refractivity contribution in [3.05, 3.63) is 0 Å². The second kappa shape index (κ2) is 16.6. The van der Waals surface area contributed by atoms with Crippen LogP contribution in [0.15, 0.2) is 0 Å². The summed E-state index contributed by atoms with van der Waals surface area (Å²) in [4.78, 5) is 23.5.